The van der Waals surface area contributed by atoms with Crippen LogP contribution in [0.4, 0.5) is 18.9 Å². The number of ether oxygens (including phenoxy) is 2. The average molecular weight is 453 g/mol. The molecule has 0 atom stereocenters. The maximum atomic E-state index is 12.7. The van der Waals surface area contributed by atoms with E-state index in [0.717, 1.165) is 12.1 Å². The van der Waals surface area contributed by atoms with Crippen LogP contribution in [0.5, 0.6) is 5.75 Å². The van der Waals surface area contributed by atoms with Crippen LogP contribution in [0.2, 0.25) is 0 Å². The van der Waals surface area contributed by atoms with Crippen molar-refractivity contribution in [2.75, 3.05) is 19.0 Å². The van der Waals surface area contributed by atoms with Gasteiger partial charge in [-0.15, -0.1) is 13.2 Å². The topological polar surface area (TPSA) is 85.3 Å². The number of amides is 1. The summed E-state index contributed by atoms with van der Waals surface area (Å²) in [4.78, 5) is 28.2. The Kier molecular flexibility index (Phi) is 6.76. The van der Waals surface area contributed by atoms with E-state index in [9.17, 15) is 22.8 Å². The highest BCUT2D eigenvalue weighted by Gasteiger charge is 2.31. The molecule has 3 rings (SSSR count). The fraction of sp³-hybridized carbons (Fsp3) is 0.250. The second kappa shape index (κ2) is 9.31. The quantitative estimate of drug-likeness (QED) is 0.413. The molecule has 0 fully saturated rings. The lowest BCUT2D eigenvalue weighted by molar-refractivity contribution is -0.274. The summed E-state index contributed by atoms with van der Waals surface area (Å²) in [5.41, 5.74) is 0.646. The predicted molar refractivity (Wildman–Crippen MR) is 111 cm³/mol. The first-order valence-electron chi connectivity index (χ1n) is 9.11. The first-order chi connectivity index (χ1) is 14.7. The lowest BCUT2D eigenvalue weighted by atomic mass is 10.1. The van der Waals surface area contributed by atoms with Gasteiger partial charge in [0.15, 0.2) is 4.77 Å². The number of halogens is 3. The number of rotatable bonds is 7. The third-order valence-electron chi connectivity index (χ3n) is 4.32. The molecule has 0 saturated heterocycles. The number of fused-ring (bicyclic) bond motifs is 1. The number of H-pyrrole nitrogens is 1. The molecule has 0 saturated carbocycles. The van der Waals surface area contributed by atoms with E-state index in [-0.39, 0.29) is 21.6 Å². The molecule has 0 spiro atoms. The van der Waals surface area contributed by atoms with Gasteiger partial charge in [-0.2, -0.15) is 0 Å². The summed E-state index contributed by atoms with van der Waals surface area (Å²) in [5.74, 6) is -0.902. The van der Waals surface area contributed by atoms with Gasteiger partial charge in [0.25, 0.3) is 11.5 Å². The van der Waals surface area contributed by atoms with Crippen LogP contribution in [0.1, 0.15) is 16.8 Å². The second-order valence-corrected chi connectivity index (χ2v) is 6.91. The number of nitrogens with one attached hydrogen (secondary N) is 2. The largest absolute Gasteiger partial charge is 0.573 e. The van der Waals surface area contributed by atoms with Crippen molar-refractivity contribution in [3.8, 4) is 5.75 Å². The molecular formula is C20H18F3N3O4S. The first kappa shape index (κ1) is 22.5. The van der Waals surface area contributed by atoms with E-state index in [1.54, 1.807) is 7.11 Å². The van der Waals surface area contributed by atoms with Crippen LogP contribution in [0.25, 0.3) is 10.9 Å². The summed E-state index contributed by atoms with van der Waals surface area (Å²) in [6.07, 6.45) is -4.18. The zero-order valence-corrected chi connectivity index (χ0v) is 17.1. The molecule has 0 aliphatic carbocycles. The van der Waals surface area contributed by atoms with E-state index in [4.69, 9.17) is 17.0 Å². The van der Waals surface area contributed by atoms with Crippen LogP contribution in [0.15, 0.2) is 47.3 Å². The number of aromatic nitrogens is 2. The molecule has 3 aromatic rings. The second-order valence-electron chi connectivity index (χ2n) is 6.52. The summed E-state index contributed by atoms with van der Waals surface area (Å²) < 4.78 is 47.1. The SMILES string of the molecule is COCCCn1c(=S)[nH]c2cc(C(=O)Nc3ccc(OC(F)(F)F)cc3)ccc2c1=O. The minimum atomic E-state index is -4.79. The lowest BCUT2D eigenvalue weighted by Crippen LogP contribution is -2.23. The summed E-state index contributed by atoms with van der Waals surface area (Å²) >= 11 is 5.25. The molecule has 0 aliphatic rings. The van der Waals surface area contributed by atoms with Crippen molar-refractivity contribution in [1.29, 1.82) is 0 Å². The van der Waals surface area contributed by atoms with Gasteiger partial charge in [-0.3, -0.25) is 14.2 Å². The number of hydrogen-bond donors (Lipinski definition) is 2. The van der Waals surface area contributed by atoms with E-state index in [0.29, 0.717) is 30.5 Å². The van der Waals surface area contributed by atoms with E-state index in [1.807, 2.05) is 0 Å². The van der Waals surface area contributed by atoms with Gasteiger partial charge in [-0.1, -0.05) is 0 Å². The summed E-state index contributed by atoms with van der Waals surface area (Å²) in [5, 5.41) is 2.95. The van der Waals surface area contributed by atoms with Gasteiger partial charge >= 0.3 is 6.36 Å². The number of nitrogens with zero attached hydrogens (tertiary/aromatic N) is 1. The van der Waals surface area contributed by atoms with Gasteiger partial charge in [0.05, 0.1) is 10.9 Å². The molecule has 31 heavy (non-hydrogen) atoms. The zero-order valence-electron chi connectivity index (χ0n) is 16.3. The van der Waals surface area contributed by atoms with Gasteiger partial charge in [0, 0.05) is 31.5 Å². The molecule has 2 aromatic carbocycles. The molecule has 0 aliphatic heterocycles. The maximum absolute atomic E-state index is 12.7. The van der Waals surface area contributed by atoms with Gasteiger partial charge < -0.3 is 19.8 Å². The zero-order chi connectivity index (χ0) is 22.6. The first-order valence-corrected chi connectivity index (χ1v) is 9.52. The Morgan fingerprint density at radius 1 is 1.19 bits per heavy atom. The molecule has 0 radical (unpaired) electrons. The summed E-state index contributed by atoms with van der Waals surface area (Å²) in [7, 11) is 1.57. The van der Waals surface area contributed by atoms with Crippen LogP contribution in [-0.2, 0) is 11.3 Å². The molecule has 1 amide bonds. The Morgan fingerprint density at radius 3 is 2.55 bits per heavy atom. The summed E-state index contributed by atoms with van der Waals surface area (Å²) in [6.45, 7) is 0.885. The van der Waals surface area contributed by atoms with Crippen LogP contribution < -0.4 is 15.6 Å². The van der Waals surface area contributed by atoms with Gasteiger partial charge in [-0.05, 0) is 61.1 Å². The molecule has 0 unspecified atom stereocenters. The molecular weight excluding hydrogens is 435 g/mol. The highest BCUT2D eigenvalue weighted by atomic mass is 32.1. The smallest absolute Gasteiger partial charge is 0.406 e. The minimum Gasteiger partial charge on any atom is -0.406 e. The predicted octanol–water partition coefficient (Wildman–Crippen LogP) is 4.25. The van der Waals surface area contributed by atoms with Crippen molar-refractivity contribution in [1.82, 2.24) is 9.55 Å². The summed E-state index contributed by atoms with van der Waals surface area (Å²) in [6, 6.07) is 9.24. The van der Waals surface area contributed by atoms with E-state index in [2.05, 4.69) is 15.0 Å². The number of methoxy groups -OCH3 is 1. The standard InChI is InChI=1S/C20H18F3N3O4S/c1-29-10-2-9-26-18(28)15-8-3-12(11-16(15)25-19(26)31)17(27)24-13-4-6-14(7-5-13)30-20(21,22)23/h3-8,11H,2,9-10H2,1H3,(H,24,27)(H,25,31). The van der Waals surface area contributed by atoms with E-state index >= 15 is 0 Å². The monoisotopic (exact) mass is 453 g/mol. The molecule has 164 valence electrons. The van der Waals surface area contributed by atoms with Crippen LogP contribution in [0.3, 0.4) is 0 Å². The number of hydrogen-bond acceptors (Lipinski definition) is 5. The Bertz CT molecular complexity index is 1200. The molecule has 11 heteroatoms. The Morgan fingerprint density at radius 2 is 1.90 bits per heavy atom. The van der Waals surface area contributed by atoms with Crippen molar-refractivity contribution < 1.29 is 27.4 Å². The normalized spacial score (nSPS) is 11.5. The lowest BCUT2D eigenvalue weighted by Gasteiger charge is -2.11. The number of carbonyl (C=O) groups excluding carboxylic acids is 1. The van der Waals surface area contributed by atoms with E-state index < -0.39 is 18.0 Å². The highest BCUT2D eigenvalue weighted by molar-refractivity contribution is 7.71. The van der Waals surface area contributed by atoms with Crippen molar-refractivity contribution in [3.05, 3.63) is 63.2 Å². The maximum Gasteiger partial charge on any atom is 0.573 e. The van der Waals surface area contributed by atoms with Crippen LogP contribution in [0, 0.1) is 4.77 Å². The number of alkyl halides is 3. The van der Waals surface area contributed by atoms with Gasteiger partial charge in [-0.25, -0.2) is 0 Å². The number of carbonyl (C=O) groups is 1. The molecule has 1 aromatic heterocycles. The molecule has 7 nitrogen and oxygen atoms in total. The van der Waals surface area contributed by atoms with Crippen LogP contribution in [-0.4, -0.2) is 35.5 Å². The molecule has 2 N–H and O–H groups in total. The number of benzene rings is 2. The molecule has 0 bridgehead atoms. The van der Waals surface area contributed by atoms with Crippen molar-refractivity contribution in [3.63, 3.8) is 0 Å². The van der Waals surface area contributed by atoms with E-state index in [1.165, 1.54) is 34.9 Å². The van der Waals surface area contributed by atoms with Crippen molar-refractivity contribution in [2.24, 2.45) is 0 Å². The van der Waals surface area contributed by atoms with Gasteiger partial charge in [0.2, 0.25) is 0 Å². The fourth-order valence-corrected chi connectivity index (χ4v) is 3.19. The third-order valence-corrected chi connectivity index (χ3v) is 4.64. The van der Waals surface area contributed by atoms with Crippen LogP contribution >= 0.6 is 12.2 Å². The number of aromatic amines is 1. The molecule has 1 heterocycles. The van der Waals surface area contributed by atoms with Crippen molar-refractivity contribution in [2.45, 2.75) is 19.3 Å². The Hall–Kier alpha value is -3.18. The fourth-order valence-electron chi connectivity index (χ4n) is 2.91. The Balaban J connectivity index is 1.79. The number of anilines is 1. The van der Waals surface area contributed by atoms with Crippen molar-refractivity contribution >= 4 is 34.7 Å². The minimum absolute atomic E-state index is 0.228. The Labute approximate surface area is 179 Å². The van der Waals surface area contributed by atoms with Gasteiger partial charge in [0.1, 0.15) is 5.75 Å². The average Bonchev–Trinajstić information content (AvgIpc) is 2.70. The highest BCUT2D eigenvalue weighted by Crippen LogP contribution is 2.24. The third kappa shape index (κ3) is 5.70.